The van der Waals surface area contributed by atoms with Crippen LogP contribution in [0.4, 0.5) is 4.79 Å². The molecule has 1 aromatic heterocycles. The molecule has 1 fully saturated rings. The molecule has 1 aliphatic carbocycles. The van der Waals surface area contributed by atoms with Crippen LogP contribution in [0.15, 0.2) is 88.4 Å². The highest BCUT2D eigenvalue weighted by molar-refractivity contribution is 5.89. The molecule has 0 spiro atoms. The lowest BCUT2D eigenvalue weighted by Gasteiger charge is -2.43. The van der Waals surface area contributed by atoms with Crippen LogP contribution >= 0.6 is 0 Å². The molecule has 1 amide bonds. The van der Waals surface area contributed by atoms with Gasteiger partial charge < -0.3 is 19.3 Å². The van der Waals surface area contributed by atoms with Crippen LogP contribution in [0.1, 0.15) is 45.6 Å². The SMILES string of the molecule is CO/N=c1\c(-c2ccc(C3(NC(=O)OC(C)(C)C)CCC3)cc2)c(-c2ccccc2)oc2ccccc12. The van der Waals surface area contributed by atoms with Crippen LogP contribution in [0.5, 0.6) is 0 Å². The third kappa shape index (κ3) is 4.96. The molecule has 4 aromatic rings. The molecular formula is C31H32N2O4. The molecular weight excluding hydrogens is 464 g/mol. The average Bonchev–Trinajstić information content (AvgIpc) is 2.86. The standard InChI is InChI=1S/C31H32N2O4/c1-30(2,3)37-29(34)32-31(19-10-20-31)23-17-15-21(16-18-23)26-27(33-35-4)24-13-8-9-14-25(24)36-28(26)22-11-6-5-7-12-22/h5-9,11-18H,10,19-20H2,1-4H3,(H,32,34)/b33-27-. The van der Waals surface area contributed by atoms with Gasteiger partial charge in [0.2, 0.25) is 0 Å². The zero-order valence-corrected chi connectivity index (χ0v) is 21.7. The number of ether oxygens (including phenoxy) is 1. The number of hydrogen-bond donors (Lipinski definition) is 1. The molecule has 0 bridgehead atoms. The van der Waals surface area contributed by atoms with Crippen molar-refractivity contribution in [3.8, 4) is 22.5 Å². The molecule has 37 heavy (non-hydrogen) atoms. The zero-order valence-electron chi connectivity index (χ0n) is 21.7. The van der Waals surface area contributed by atoms with E-state index in [4.69, 9.17) is 14.0 Å². The Balaban J connectivity index is 1.61. The van der Waals surface area contributed by atoms with Gasteiger partial charge in [-0.05, 0) is 63.3 Å². The summed E-state index contributed by atoms with van der Waals surface area (Å²) < 4.78 is 12.0. The lowest BCUT2D eigenvalue weighted by Crippen LogP contribution is -2.52. The Bertz CT molecular complexity index is 1480. The number of alkyl carbamates (subject to hydrolysis) is 1. The molecule has 3 aromatic carbocycles. The van der Waals surface area contributed by atoms with Gasteiger partial charge in [0, 0.05) is 10.9 Å². The fourth-order valence-corrected chi connectivity index (χ4v) is 4.87. The Kier molecular flexibility index (Phi) is 6.50. The van der Waals surface area contributed by atoms with Crippen molar-refractivity contribution in [3.05, 3.63) is 89.8 Å². The van der Waals surface area contributed by atoms with E-state index in [1.807, 2.05) is 75.4 Å². The predicted octanol–water partition coefficient (Wildman–Crippen LogP) is 7.13. The summed E-state index contributed by atoms with van der Waals surface area (Å²) in [5.41, 5.74) is 3.55. The van der Waals surface area contributed by atoms with Crippen molar-refractivity contribution >= 4 is 17.1 Å². The van der Waals surface area contributed by atoms with E-state index >= 15 is 0 Å². The van der Waals surface area contributed by atoms with Crippen LogP contribution in [-0.4, -0.2) is 18.8 Å². The molecule has 5 rings (SSSR count). The van der Waals surface area contributed by atoms with E-state index in [1.165, 1.54) is 0 Å². The number of fused-ring (bicyclic) bond motifs is 1. The van der Waals surface area contributed by atoms with E-state index in [0.717, 1.165) is 52.5 Å². The molecule has 0 unspecified atom stereocenters. The third-order valence-electron chi connectivity index (χ3n) is 6.71. The minimum absolute atomic E-state index is 0.392. The van der Waals surface area contributed by atoms with Crippen molar-refractivity contribution in [2.75, 3.05) is 7.11 Å². The number of para-hydroxylation sites is 1. The molecule has 1 heterocycles. The monoisotopic (exact) mass is 496 g/mol. The summed E-state index contributed by atoms with van der Waals surface area (Å²) in [5.74, 6) is 0.716. The van der Waals surface area contributed by atoms with Gasteiger partial charge in [-0.1, -0.05) is 71.9 Å². The maximum Gasteiger partial charge on any atom is 0.408 e. The van der Waals surface area contributed by atoms with Crippen molar-refractivity contribution in [2.45, 2.75) is 51.2 Å². The topological polar surface area (TPSA) is 73.1 Å². The number of amides is 1. The van der Waals surface area contributed by atoms with Crippen molar-refractivity contribution in [1.82, 2.24) is 5.32 Å². The molecule has 1 saturated carbocycles. The van der Waals surface area contributed by atoms with E-state index in [9.17, 15) is 4.79 Å². The van der Waals surface area contributed by atoms with Crippen LogP contribution in [0.2, 0.25) is 0 Å². The van der Waals surface area contributed by atoms with Gasteiger partial charge in [0.25, 0.3) is 0 Å². The maximum absolute atomic E-state index is 12.6. The van der Waals surface area contributed by atoms with Crippen molar-refractivity contribution < 1.29 is 18.8 Å². The largest absolute Gasteiger partial charge is 0.455 e. The summed E-state index contributed by atoms with van der Waals surface area (Å²) in [7, 11) is 1.55. The van der Waals surface area contributed by atoms with Crippen molar-refractivity contribution in [3.63, 3.8) is 0 Å². The van der Waals surface area contributed by atoms with E-state index in [2.05, 4.69) is 34.7 Å². The van der Waals surface area contributed by atoms with E-state index < -0.39 is 17.2 Å². The van der Waals surface area contributed by atoms with Gasteiger partial charge in [0.05, 0.1) is 11.1 Å². The predicted molar refractivity (Wildman–Crippen MR) is 145 cm³/mol. The molecule has 6 nitrogen and oxygen atoms in total. The Labute approximate surface area is 216 Å². The van der Waals surface area contributed by atoms with Crippen LogP contribution < -0.4 is 10.7 Å². The number of nitrogens with one attached hydrogen (secondary N) is 1. The van der Waals surface area contributed by atoms with Gasteiger partial charge in [0.15, 0.2) is 0 Å². The second-order valence-corrected chi connectivity index (χ2v) is 10.4. The average molecular weight is 497 g/mol. The Morgan fingerprint density at radius 2 is 1.59 bits per heavy atom. The maximum atomic E-state index is 12.6. The first-order chi connectivity index (χ1) is 17.8. The fourth-order valence-electron chi connectivity index (χ4n) is 4.87. The van der Waals surface area contributed by atoms with Crippen LogP contribution in [0.25, 0.3) is 33.4 Å². The first-order valence-corrected chi connectivity index (χ1v) is 12.6. The normalized spacial score (nSPS) is 15.2. The van der Waals surface area contributed by atoms with Gasteiger partial charge >= 0.3 is 6.09 Å². The number of benzene rings is 3. The summed E-state index contributed by atoms with van der Waals surface area (Å²) in [6.07, 6.45) is 2.40. The quantitative estimate of drug-likeness (QED) is 0.298. The van der Waals surface area contributed by atoms with Crippen LogP contribution in [0.3, 0.4) is 0 Å². The van der Waals surface area contributed by atoms with Crippen molar-refractivity contribution in [2.24, 2.45) is 5.16 Å². The van der Waals surface area contributed by atoms with Gasteiger partial charge in [-0.2, -0.15) is 0 Å². The smallest absolute Gasteiger partial charge is 0.408 e. The first kappa shape index (κ1) is 24.6. The first-order valence-electron chi connectivity index (χ1n) is 12.6. The molecule has 190 valence electrons. The highest BCUT2D eigenvalue weighted by Gasteiger charge is 2.41. The molecule has 6 heteroatoms. The van der Waals surface area contributed by atoms with E-state index in [0.29, 0.717) is 11.1 Å². The molecule has 0 aliphatic heterocycles. The van der Waals surface area contributed by atoms with Crippen LogP contribution in [-0.2, 0) is 15.1 Å². The number of rotatable bonds is 5. The van der Waals surface area contributed by atoms with E-state index in [-0.39, 0.29) is 0 Å². The minimum Gasteiger partial charge on any atom is -0.455 e. The third-order valence-corrected chi connectivity index (χ3v) is 6.71. The highest BCUT2D eigenvalue weighted by atomic mass is 16.6. The van der Waals surface area contributed by atoms with Gasteiger partial charge in [0.1, 0.15) is 29.4 Å². The van der Waals surface area contributed by atoms with Crippen LogP contribution in [0, 0.1) is 0 Å². The summed E-state index contributed by atoms with van der Waals surface area (Å²) in [6.45, 7) is 5.61. The summed E-state index contributed by atoms with van der Waals surface area (Å²) >= 11 is 0. The number of carbonyl (C=O) groups excluding carboxylic acids is 1. The minimum atomic E-state index is -0.548. The highest BCUT2D eigenvalue weighted by Crippen LogP contribution is 2.42. The zero-order chi connectivity index (χ0) is 26.0. The van der Waals surface area contributed by atoms with Gasteiger partial charge in [-0.3, -0.25) is 0 Å². The van der Waals surface area contributed by atoms with E-state index in [1.54, 1.807) is 7.11 Å². The molecule has 1 aliphatic rings. The fraction of sp³-hybridized carbons (Fsp3) is 0.290. The molecule has 0 atom stereocenters. The number of nitrogens with zero attached hydrogens (tertiary/aromatic N) is 1. The lowest BCUT2D eigenvalue weighted by atomic mass is 9.71. The summed E-state index contributed by atoms with van der Waals surface area (Å²) in [5, 5.41) is 9.15. The number of carbonyl (C=O) groups is 1. The van der Waals surface area contributed by atoms with Gasteiger partial charge in [-0.15, -0.1) is 0 Å². The van der Waals surface area contributed by atoms with Crippen molar-refractivity contribution in [1.29, 1.82) is 0 Å². The Hall–Kier alpha value is -4.06. The second kappa shape index (κ2) is 9.77. The molecule has 0 saturated heterocycles. The lowest BCUT2D eigenvalue weighted by molar-refractivity contribution is 0.0377. The molecule has 0 radical (unpaired) electrons. The van der Waals surface area contributed by atoms with Gasteiger partial charge in [-0.25, -0.2) is 4.79 Å². The second-order valence-electron chi connectivity index (χ2n) is 10.4. The molecule has 1 N–H and O–H groups in total. The summed E-state index contributed by atoms with van der Waals surface area (Å²) in [4.78, 5) is 17.9. The Morgan fingerprint density at radius 1 is 0.919 bits per heavy atom. The summed E-state index contributed by atoms with van der Waals surface area (Å²) in [6, 6.07) is 26.1. The number of hydrogen-bond acceptors (Lipinski definition) is 5. The Morgan fingerprint density at radius 3 is 2.22 bits per heavy atom.